The number of piperazine rings is 1. The van der Waals surface area contributed by atoms with Gasteiger partial charge in [-0.1, -0.05) is 0 Å². The highest BCUT2D eigenvalue weighted by Crippen LogP contribution is 2.15. The molecular weight excluding hydrogens is 268 g/mol. The van der Waals surface area contributed by atoms with Crippen LogP contribution in [0.25, 0.3) is 0 Å². The van der Waals surface area contributed by atoms with E-state index in [1.807, 2.05) is 11.8 Å². The van der Waals surface area contributed by atoms with Crippen LogP contribution in [0.1, 0.15) is 17.4 Å². The number of likely N-dealkylation sites (N-methyl/N-ethyl adjacent to an activating group) is 1. The van der Waals surface area contributed by atoms with Gasteiger partial charge >= 0.3 is 0 Å². The number of anilines is 1. The van der Waals surface area contributed by atoms with Crippen LogP contribution >= 0.6 is 0 Å². The number of rotatable bonds is 5. The number of aromatic nitrogens is 2. The summed E-state index contributed by atoms with van der Waals surface area (Å²) in [4.78, 5) is 19.0. The SMILES string of the molecule is CCn1ncc(N)c1C(=O)N1CCN(CCN(C)C)CC1. The normalized spacial score (nSPS) is 16.7. The maximum atomic E-state index is 12.6. The zero-order valence-corrected chi connectivity index (χ0v) is 13.2. The Morgan fingerprint density at radius 2 is 2.00 bits per heavy atom. The molecule has 0 saturated carbocycles. The molecule has 1 aliphatic rings. The van der Waals surface area contributed by atoms with Gasteiger partial charge in [-0.15, -0.1) is 0 Å². The largest absolute Gasteiger partial charge is 0.396 e. The molecule has 0 spiro atoms. The molecule has 1 saturated heterocycles. The Labute approximate surface area is 126 Å². The molecule has 0 unspecified atom stereocenters. The van der Waals surface area contributed by atoms with Crippen LogP contribution in [0.2, 0.25) is 0 Å². The predicted molar refractivity (Wildman–Crippen MR) is 83.2 cm³/mol. The Balaban J connectivity index is 1.92. The molecule has 1 fully saturated rings. The van der Waals surface area contributed by atoms with Crippen LogP contribution < -0.4 is 5.73 Å². The fourth-order valence-corrected chi connectivity index (χ4v) is 2.54. The summed E-state index contributed by atoms with van der Waals surface area (Å²) < 4.78 is 1.68. The summed E-state index contributed by atoms with van der Waals surface area (Å²) in [6.45, 7) is 8.04. The van der Waals surface area contributed by atoms with Crippen LogP contribution in [0, 0.1) is 0 Å². The van der Waals surface area contributed by atoms with Gasteiger partial charge in [-0.25, -0.2) is 0 Å². The standard InChI is InChI=1S/C14H26N6O/c1-4-20-13(12(15)11-16-20)14(21)19-9-7-18(8-10-19)6-5-17(2)3/h11H,4-10,15H2,1-3H3. The average Bonchev–Trinajstić information content (AvgIpc) is 2.85. The van der Waals surface area contributed by atoms with E-state index in [1.165, 1.54) is 0 Å². The van der Waals surface area contributed by atoms with Crippen molar-refractivity contribution in [2.24, 2.45) is 0 Å². The van der Waals surface area contributed by atoms with Crippen LogP contribution in [-0.2, 0) is 6.54 Å². The third-order valence-corrected chi connectivity index (χ3v) is 3.89. The first-order valence-electron chi connectivity index (χ1n) is 7.50. The zero-order valence-electron chi connectivity index (χ0n) is 13.2. The Bertz CT molecular complexity index is 476. The highest BCUT2D eigenvalue weighted by Gasteiger charge is 2.26. The van der Waals surface area contributed by atoms with Crippen molar-refractivity contribution in [2.45, 2.75) is 13.5 Å². The highest BCUT2D eigenvalue weighted by atomic mass is 16.2. The average molecular weight is 294 g/mol. The van der Waals surface area contributed by atoms with Gasteiger partial charge in [0.2, 0.25) is 0 Å². The van der Waals surface area contributed by atoms with Crippen molar-refractivity contribution in [3.05, 3.63) is 11.9 Å². The van der Waals surface area contributed by atoms with Crippen molar-refractivity contribution in [3.63, 3.8) is 0 Å². The van der Waals surface area contributed by atoms with Crippen molar-refractivity contribution >= 4 is 11.6 Å². The van der Waals surface area contributed by atoms with Crippen LogP contribution in [0.15, 0.2) is 6.20 Å². The molecule has 0 aliphatic carbocycles. The lowest BCUT2D eigenvalue weighted by molar-refractivity contribution is 0.0619. The number of nitrogen functional groups attached to an aromatic ring is 1. The summed E-state index contributed by atoms with van der Waals surface area (Å²) in [5.41, 5.74) is 6.88. The molecule has 0 aromatic carbocycles. The first kappa shape index (κ1) is 15.8. The topological polar surface area (TPSA) is 70.6 Å². The van der Waals surface area contributed by atoms with E-state index in [-0.39, 0.29) is 5.91 Å². The van der Waals surface area contributed by atoms with Gasteiger partial charge in [0, 0.05) is 45.8 Å². The minimum absolute atomic E-state index is 0.000824. The summed E-state index contributed by atoms with van der Waals surface area (Å²) in [6.07, 6.45) is 1.56. The molecule has 21 heavy (non-hydrogen) atoms. The summed E-state index contributed by atoms with van der Waals surface area (Å²) in [6, 6.07) is 0. The van der Waals surface area contributed by atoms with Gasteiger partial charge in [0.1, 0.15) is 5.69 Å². The summed E-state index contributed by atoms with van der Waals surface area (Å²) in [7, 11) is 4.16. The van der Waals surface area contributed by atoms with Crippen LogP contribution in [-0.4, -0.2) is 83.8 Å². The van der Waals surface area contributed by atoms with Crippen LogP contribution in [0.5, 0.6) is 0 Å². The minimum atomic E-state index is -0.000824. The molecule has 1 aliphatic heterocycles. The van der Waals surface area contributed by atoms with Gasteiger partial charge in [-0.05, 0) is 21.0 Å². The van der Waals surface area contributed by atoms with Crippen molar-refractivity contribution in [1.29, 1.82) is 0 Å². The van der Waals surface area contributed by atoms with Gasteiger partial charge in [-0.3, -0.25) is 14.4 Å². The van der Waals surface area contributed by atoms with E-state index in [1.54, 1.807) is 10.9 Å². The molecular formula is C14H26N6O. The molecule has 1 aromatic rings. The molecule has 1 aromatic heterocycles. The Kier molecular flexibility index (Phi) is 5.19. The zero-order chi connectivity index (χ0) is 15.4. The van der Waals surface area contributed by atoms with Crippen LogP contribution in [0.4, 0.5) is 5.69 Å². The molecule has 2 rings (SSSR count). The van der Waals surface area contributed by atoms with E-state index in [0.29, 0.717) is 17.9 Å². The molecule has 0 bridgehead atoms. The number of carbonyl (C=O) groups is 1. The van der Waals surface area contributed by atoms with Gasteiger partial charge < -0.3 is 15.5 Å². The lowest BCUT2D eigenvalue weighted by Crippen LogP contribution is -2.50. The number of nitrogens with two attached hydrogens (primary N) is 1. The molecule has 2 heterocycles. The maximum absolute atomic E-state index is 12.6. The van der Waals surface area contributed by atoms with Gasteiger partial charge in [-0.2, -0.15) is 5.10 Å². The Morgan fingerprint density at radius 1 is 1.33 bits per heavy atom. The number of carbonyl (C=O) groups excluding carboxylic acids is 1. The van der Waals surface area contributed by atoms with E-state index >= 15 is 0 Å². The quantitative estimate of drug-likeness (QED) is 0.815. The fourth-order valence-electron chi connectivity index (χ4n) is 2.54. The third-order valence-electron chi connectivity index (χ3n) is 3.89. The first-order chi connectivity index (χ1) is 10.0. The summed E-state index contributed by atoms with van der Waals surface area (Å²) >= 11 is 0. The smallest absolute Gasteiger partial charge is 0.274 e. The van der Waals surface area contributed by atoms with E-state index in [4.69, 9.17) is 5.73 Å². The Hall–Kier alpha value is -1.60. The van der Waals surface area contributed by atoms with E-state index in [9.17, 15) is 4.79 Å². The fraction of sp³-hybridized carbons (Fsp3) is 0.714. The van der Waals surface area contributed by atoms with Gasteiger partial charge in [0.25, 0.3) is 5.91 Å². The van der Waals surface area contributed by atoms with E-state index < -0.39 is 0 Å². The van der Waals surface area contributed by atoms with E-state index in [2.05, 4.69) is 29.0 Å². The lowest BCUT2D eigenvalue weighted by atomic mass is 10.2. The van der Waals surface area contributed by atoms with Gasteiger partial charge in [0.15, 0.2) is 0 Å². The molecule has 7 nitrogen and oxygen atoms in total. The molecule has 2 N–H and O–H groups in total. The molecule has 7 heteroatoms. The number of hydrogen-bond donors (Lipinski definition) is 1. The first-order valence-corrected chi connectivity index (χ1v) is 7.50. The maximum Gasteiger partial charge on any atom is 0.274 e. The monoisotopic (exact) mass is 294 g/mol. The number of hydrogen-bond acceptors (Lipinski definition) is 5. The molecule has 118 valence electrons. The predicted octanol–water partition coefficient (Wildman–Crippen LogP) is -0.195. The molecule has 0 radical (unpaired) electrons. The third kappa shape index (κ3) is 3.74. The lowest BCUT2D eigenvalue weighted by Gasteiger charge is -2.35. The van der Waals surface area contributed by atoms with Gasteiger partial charge in [0.05, 0.1) is 11.9 Å². The van der Waals surface area contributed by atoms with Crippen molar-refractivity contribution < 1.29 is 4.79 Å². The second-order valence-electron chi connectivity index (χ2n) is 5.70. The summed E-state index contributed by atoms with van der Waals surface area (Å²) in [5.74, 6) is -0.000824. The van der Waals surface area contributed by atoms with E-state index in [0.717, 1.165) is 39.3 Å². The van der Waals surface area contributed by atoms with Crippen molar-refractivity contribution in [3.8, 4) is 0 Å². The number of amides is 1. The number of nitrogens with zero attached hydrogens (tertiary/aromatic N) is 5. The highest BCUT2D eigenvalue weighted by molar-refractivity contribution is 5.97. The summed E-state index contributed by atoms with van der Waals surface area (Å²) in [5, 5.41) is 4.14. The second-order valence-corrected chi connectivity index (χ2v) is 5.70. The molecule has 1 amide bonds. The van der Waals surface area contributed by atoms with Crippen molar-refractivity contribution in [1.82, 2.24) is 24.5 Å². The minimum Gasteiger partial charge on any atom is -0.396 e. The van der Waals surface area contributed by atoms with Crippen LogP contribution in [0.3, 0.4) is 0 Å². The van der Waals surface area contributed by atoms with Crippen molar-refractivity contribution in [2.75, 3.05) is 59.1 Å². The number of aryl methyl sites for hydroxylation is 1. The Morgan fingerprint density at radius 3 is 2.57 bits per heavy atom. The molecule has 0 atom stereocenters. The second kappa shape index (κ2) is 6.91.